The lowest BCUT2D eigenvalue weighted by Gasteiger charge is -2.10. The van der Waals surface area contributed by atoms with Crippen molar-refractivity contribution in [3.8, 4) is 11.5 Å². The van der Waals surface area contributed by atoms with Crippen molar-refractivity contribution in [2.75, 3.05) is 17.2 Å². The van der Waals surface area contributed by atoms with Gasteiger partial charge in [-0.05, 0) is 59.7 Å². The van der Waals surface area contributed by atoms with Crippen molar-refractivity contribution in [1.29, 1.82) is 0 Å². The van der Waals surface area contributed by atoms with Crippen LogP contribution in [0.25, 0.3) is 0 Å². The van der Waals surface area contributed by atoms with Crippen LogP contribution in [0, 0.1) is 0 Å². The van der Waals surface area contributed by atoms with Crippen LogP contribution in [0.5, 0.6) is 11.5 Å². The molecular weight excluding hydrogens is 412 g/mol. The fraction of sp³-hybridized carbons (Fsp3) is 0.107. The average Bonchev–Trinajstić information content (AvgIpc) is 2.88. The number of carbonyl (C=O) groups excluding carboxylic acids is 1. The average molecular weight is 439 g/mol. The quantitative estimate of drug-likeness (QED) is 0.324. The molecule has 0 heterocycles. The van der Waals surface area contributed by atoms with Crippen LogP contribution in [-0.2, 0) is 18.0 Å². The fourth-order valence-electron chi connectivity index (χ4n) is 3.17. The van der Waals surface area contributed by atoms with Gasteiger partial charge in [0.2, 0.25) is 5.91 Å². The molecule has 5 heteroatoms. The van der Waals surface area contributed by atoms with Crippen molar-refractivity contribution >= 4 is 17.3 Å². The van der Waals surface area contributed by atoms with Crippen LogP contribution in [0.3, 0.4) is 0 Å². The van der Waals surface area contributed by atoms with Crippen molar-refractivity contribution in [3.63, 3.8) is 0 Å². The third-order valence-electron chi connectivity index (χ3n) is 4.94. The Bertz CT molecular complexity index is 1130. The number of nitrogens with one attached hydrogen (secondary N) is 2. The van der Waals surface area contributed by atoms with Gasteiger partial charge in [0.1, 0.15) is 24.7 Å². The molecule has 4 aromatic rings. The van der Waals surface area contributed by atoms with E-state index in [1.165, 1.54) is 0 Å². The number of amides is 1. The highest BCUT2D eigenvalue weighted by atomic mass is 16.5. The Labute approximate surface area is 194 Å². The molecule has 33 heavy (non-hydrogen) atoms. The topological polar surface area (TPSA) is 59.6 Å². The maximum atomic E-state index is 12.3. The van der Waals surface area contributed by atoms with Gasteiger partial charge in [-0.3, -0.25) is 4.79 Å². The van der Waals surface area contributed by atoms with Crippen molar-refractivity contribution in [3.05, 3.63) is 120 Å². The van der Waals surface area contributed by atoms with Crippen LogP contribution < -0.4 is 20.1 Å². The Balaban J connectivity index is 1.19. The molecule has 0 aliphatic rings. The Morgan fingerprint density at radius 1 is 0.576 bits per heavy atom. The highest BCUT2D eigenvalue weighted by molar-refractivity contribution is 5.93. The summed E-state index contributed by atoms with van der Waals surface area (Å²) in [6, 6.07) is 34.9. The van der Waals surface area contributed by atoms with Crippen LogP contribution >= 0.6 is 0 Å². The second-order valence-corrected chi connectivity index (χ2v) is 7.50. The van der Waals surface area contributed by atoms with Gasteiger partial charge < -0.3 is 20.1 Å². The highest BCUT2D eigenvalue weighted by Gasteiger charge is 2.04. The molecule has 0 aliphatic heterocycles. The molecule has 0 spiro atoms. The molecule has 2 N–H and O–H groups in total. The van der Waals surface area contributed by atoms with Gasteiger partial charge >= 0.3 is 0 Å². The predicted molar refractivity (Wildman–Crippen MR) is 132 cm³/mol. The Morgan fingerprint density at radius 3 is 1.52 bits per heavy atom. The number of hydrogen-bond acceptors (Lipinski definition) is 4. The van der Waals surface area contributed by atoms with Gasteiger partial charge in [0, 0.05) is 11.4 Å². The summed E-state index contributed by atoms with van der Waals surface area (Å²) in [5.41, 5.74) is 3.80. The van der Waals surface area contributed by atoms with Gasteiger partial charge in [0.05, 0.1) is 6.54 Å². The summed E-state index contributed by atoms with van der Waals surface area (Å²) in [5, 5.41) is 6.00. The van der Waals surface area contributed by atoms with Gasteiger partial charge in [0.25, 0.3) is 0 Å². The van der Waals surface area contributed by atoms with Crippen molar-refractivity contribution in [2.24, 2.45) is 0 Å². The third kappa shape index (κ3) is 7.14. The molecule has 0 saturated carbocycles. The van der Waals surface area contributed by atoms with Gasteiger partial charge in [0.15, 0.2) is 0 Å². The van der Waals surface area contributed by atoms with E-state index in [-0.39, 0.29) is 12.5 Å². The second-order valence-electron chi connectivity index (χ2n) is 7.50. The summed E-state index contributed by atoms with van der Waals surface area (Å²) in [6.07, 6.45) is 0. The zero-order valence-electron chi connectivity index (χ0n) is 18.2. The van der Waals surface area contributed by atoms with E-state index in [9.17, 15) is 4.79 Å². The number of benzene rings is 4. The summed E-state index contributed by atoms with van der Waals surface area (Å²) < 4.78 is 11.6. The second kappa shape index (κ2) is 11.4. The monoisotopic (exact) mass is 438 g/mol. The van der Waals surface area contributed by atoms with E-state index < -0.39 is 0 Å². The SMILES string of the molecule is O=C(CNc1ccc(OCc2ccccc2)cc1)Nc1ccc(OCc2ccccc2)cc1. The molecule has 0 saturated heterocycles. The van der Waals surface area contributed by atoms with Crippen LogP contribution in [0.1, 0.15) is 11.1 Å². The first-order valence-electron chi connectivity index (χ1n) is 10.8. The summed E-state index contributed by atoms with van der Waals surface area (Å²) >= 11 is 0. The normalized spacial score (nSPS) is 10.3. The Kier molecular flexibility index (Phi) is 7.58. The molecule has 0 aromatic heterocycles. The van der Waals surface area contributed by atoms with Crippen molar-refractivity contribution in [1.82, 2.24) is 0 Å². The van der Waals surface area contributed by atoms with Gasteiger partial charge in [-0.2, -0.15) is 0 Å². The van der Waals surface area contributed by atoms with E-state index in [4.69, 9.17) is 9.47 Å². The van der Waals surface area contributed by atoms with Crippen LogP contribution in [0.4, 0.5) is 11.4 Å². The highest BCUT2D eigenvalue weighted by Crippen LogP contribution is 2.18. The largest absolute Gasteiger partial charge is 0.489 e. The maximum absolute atomic E-state index is 12.3. The van der Waals surface area contributed by atoms with Gasteiger partial charge in [-0.15, -0.1) is 0 Å². The summed E-state index contributed by atoms with van der Waals surface area (Å²) in [6.45, 7) is 1.19. The van der Waals surface area contributed by atoms with Crippen molar-refractivity contribution in [2.45, 2.75) is 13.2 Å². The molecule has 0 atom stereocenters. The van der Waals surface area contributed by atoms with E-state index in [1.807, 2.05) is 109 Å². The van der Waals surface area contributed by atoms with Crippen LogP contribution in [0.2, 0.25) is 0 Å². The van der Waals surface area contributed by atoms with Gasteiger partial charge in [-0.25, -0.2) is 0 Å². The van der Waals surface area contributed by atoms with Crippen LogP contribution in [-0.4, -0.2) is 12.5 Å². The molecule has 166 valence electrons. The van der Waals surface area contributed by atoms with E-state index in [0.29, 0.717) is 13.2 Å². The molecule has 1 amide bonds. The molecule has 0 aliphatic carbocycles. The first-order chi connectivity index (χ1) is 16.2. The Morgan fingerprint density at radius 2 is 1.03 bits per heavy atom. The molecule has 4 rings (SSSR count). The van der Waals surface area contributed by atoms with E-state index in [1.54, 1.807) is 0 Å². The lowest BCUT2D eigenvalue weighted by Crippen LogP contribution is -2.21. The summed E-state index contributed by atoms with van der Waals surface area (Å²) in [7, 11) is 0. The van der Waals surface area contributed by atoms with Crippen molar-refractivity contribution < 1.29 is 14.3 Å². The molecule has 0 radical (unpaired) electrons. The zero-order valence-corrected chi connectivity index (χ0v) is 18.2. The minimum absolute atomic E-state index is 0.127. The number of anilines is 2. The van der Waals surface area contributed by atoms with E-state index in [0.717, 1.165) is 34.0 Å². The Hall–Kier alpha value is -4.25. The summed E-state index contributed by atoms with van der Waals surface area (Å²) in [5.74, 6) is 1.41. The first kappa shape index (κ1) is 22.0. The number of ether oxygens (including phenoxy) is 2. The predicted octanol–water partition coefficient (Wildman–Crippen LogP) is 5.90. The molecule has 4 aromatic carbocycles. The fourth-order valence-corrected chi connectivity index (χ4v) is 3.17. The summed E-state index contributed by atoms with van der Waals surface area (Å²) in [4.78, 5) is 12.3. The number of hydrogen-bond donors (Lipinski definition) is 2. The number of carbonyl (C=O) groups is 1. The van der Waals surface area contributed by atoms with E-state index in [2.05, 4.69) is 10.6 Å². The zero-order chi connectivity index (χ0) is 22.7. The van der Waals surface area contributed by atoms with Crippen LogP contribution in [0.15, 0.2) is 109 Å². The molecular formula is C28H26N2O3. The first-order valence-corrected chi connectivity index (χ1v) is 10.8. The van der Waals surface area contributed by atoms with E-state index >= 15 is 0 Å². The third-order valence-corrected chi connectivity index (χ3v) is 4.94. The smallest absolute Gasteiger partial charge is 0.243 e. The standard InChI is InChI=1S/C28H26N2O3/c31-28(30-25-13-17-27(18-14-25)33-21-23-9-5-2-6-10-23)19-29-24-11-15-26(16-12-24)32-20-22-7-3-1-4-8-22/h1-18,29H,19-21H2,(H,30,31). The molecule has 5 nitrogen and oxygen atoms in total. The molecule has 0 bridgehead atoms. The number of rotatable bonds is 10. The molecule has 0 unspecified atom stereocenters. The van der Waals surface area contributed by atoms with Gasteiger partial charge in [-0.1, -0.05) is 60.7 Å². The lowest BCUT2D eigenvalue weighted by molar-refractivity contribution is -0.114. The minimum Gasteiger partial charge on any atom is -0.489 e. The minimum atomic E-state index is -0.127. The maximum Gasteiger partial charge on any atom is 0.243 e. The molecule has 0 fully saturated rings. The lowest BCUT2D eigenvalue weighted by atomic mass is 10.2.